The number of sulfone groups is 1. The topological polar surface area (TPSA) is 93.7 Å². The number of hydrogen-bond donors (Lipinski definition) is 2. The normalized spacial score (nSPS) is 22.9. The minimum Gasteiger partial charge on any atom is -0.493 e. The zero-order valence-corrected chi connectivity index (χ0v) is 15.3. The summed E-state index contributed by atoms with van der Waals surface area (Å²) < 4.78 is 33.5. The molecular formula is C17H24N2O5S. The van der Waals surface area contributed by atoms with Gasteiger partial charge >= 0.3 is 6.03 Å². The van der Waals surface area contributed by atoms with Gasteiger partial charge in [-0.1, -0.05) is 6.07 Å². The molecule has 1 aliphatic carbocycles. The fourth-order valence-corrected chi connectivity index (χ4v) is 4.95. The Morgan fingerprint density at radius 1 is 1.24 bits per heavy atom. The summed E-state index contributed by atoms with van der Waals surface area (Å²) in [6.45, 7) is 0.508. The molecule has 2 aliphatic rings. The Morgan fingerprint density at radius 2 is 1.96 bits per heavy atom. The number of rotatable bonds is 6. The number of urea groups is 1. The van der Waals surface area contributed by atoms with Crippen LogP contribution < -0.4 is 20.1 Å². The van der Waals surface area contributed by atoms with E-state index in [0.717, 1.165) is 18.4 Å². The number of benzene rings is 1. The monoisotopic (exact) mass is 368 g/mol. The maximum atomic E-state index is 12.1. The summed E-state index contributed by atoms with van der Waals surface area (Å²) in [5.41, 5.74) is 1.02. The predicted octanol–water partition coefficient (Wildman–Crippen LogP) is 1.22. The fraction of sp³-hybridized carbons (Fsp3) is 0.588. The molecule has 1 unspecified atom stereocenters. The second-order valence-electron chi connectivity index (χ2n) is 6.78. The summed E-state index contributed by atoms with van der Waals surface area (Å²) in [5, 5.41) is 5.64. The lowest BCUT2D eigenvalue weighted by molar-refractivity contribution is 0.237. The van der Waals surface area contributed by atoms with Crippen molar-refractivity contribution in [3.63, 3.8) is 0 Å². The van der Waals surface area contributed by atoms with Gasteiger partial charge in [0.25, 0.3) is 0 Å². The molecule has 1 aromatic rings. The molecule has 0 bridgehead atoms. The van der Waals surface area contributed by atoms with E-state index < -0.39 is 9.84 Å². The zero-order valence-electron chi connectivity index (χ0n) is 14.5. The average molecular weight is 368 g/mol. The number of ether oxygens (including phenoxy) is 2. The summed E-state index contributed by atoms with van der Waals surface area (Å²) >= 11 is 0. The van der Waals surface area contributed by atoms with Crippen LogP contribution in [-0.2, 0) is 15.3 Å². The Balaban J connectivity index is 1.58. The molecule has 25 heavy (non-hydrogen) atoms. The van der Waals surface area contributed by atoms with Gasteiger partial charge in [0, 0.05) is 18.0 Å². The molecule has 1 aliphatic heterocycles. The molecule has 7 nitrogen and oxygen atoms in total. The minimum atomic E-state index is -3.00. The number of methoxy groups -OCH3 is 2. The SMILES string of the molecule is COc1ccc(C2(CNC(=O)NC3CCS(=O)(=O)C3)CC2)cc1OC. The lowest BCUT2D eigenvalue weighted by Crippen LogP contribution is -2.45. The first-order chi connectivity index (χ1) is 11.9. The van der Waals surface area contributed by atoms with Crippen LogP contribution in [0, 0.1) is 0 Å². The van der Waals surface area contributed by atoms with Crippen molar-refractivity contribution in [2.75, 3.05) is 32.3 Å². The van der Waals surface area contributed by atoms with E-state index in [-0.39, 0.29) is 29.0 Å². The number of hydrogen-bond acceptors (Lipinski definition) is 5. The maximum Gasteiger partial charge on any atom is 0.315 e. The molecule has 1 atom stereocenters. The van der Waals surface area contributed by atoms with Crippen molar-refractivity contribution >= 4 is 15.9 Å². The molecule has 1 saturated carbocycles. The van der Waals surface area contributed by atoms with Crippen molar-refractivity contribution in [2.24, 2.45) is 0 Å². The van der Waals surface area contributed by atoms with Gasteiger partial charge in [-0.25, -0.2) is 13.2 Å². The molecule has 1 aromatic carbocycles. The molecule has 3 rings (SSSR count). The van der Waals surface area contributed by atoms with Crippen molar-refractivity contribution in [1.82, 2.24) is 10.6 Å². The molecule has 0 spiro atoms. The van der Waals surface area contributed by atoms with Gasteiger partial charge in [0.2, 0.25) is 0 Å². The van der Waals surface area contributed by atoms with E-state index in [9.17, 15) is 13.2 Å². The van der Waals surface area contributed by atoms with Crippen molar-refractivity contribution in [3.05, 3.63) is 23.8 Å². The third-order valence-corrected chi connectivity index (χ3v) is 6.77. The largest absolute Gasteiger partial charge is 0.493 e. The van der Waals surface area contributed by atoms with E-state index in [4.69, 9.17) is 9.47 Å². The van der Waals surface area contributed by atoms with Gasteiger partial charge in [-0.3, -0.25) is 0 Å². The first-order valence-corrected chi connectivity index (χ1v) is 10.2. The van der Waals surface area contributed by atoms with E-state index >= 15 is 0 Å². The smallest absolute Gasteiger partial charge is 0.315 e. The molecule has 1 saturated heterocycles. The molecule has 0 radical (unpaired) electrons. The number of carbonyl (C=O) groups excluding carboxylic acids is 1. The Kier molecular flexibility index (Phi) is 4.81. The second kappa shape index (κ2) is 6.74. The molecule has 2 amide bonds. The number of amides is 2. The van der Waals surface area contributed by atoms with E-state index in [1.807, 2.05) is 18.2 Å². The van der Waals surface area contributed by atoms with Crippen LogP contribution in [0.1, 0.15) is 24.8 Å². The summed E-state index contributed by atoms with van der Waals surface area (Å²) in [7, 11) is 0.199. The van der Waals surface area contributed by atoms with Crippen LogP contribution in [0.4, 0.5) is 4.79 Å². The van der Waals surface area contributed by atoms with E-state index in [2.05, 4.69) is 10.6 Å². The standard InChI is InChI=1S/C17H24N2O5S/c1-23-14-4-3-12(9-15(14)24-2)17(6-7-17)11-18-16(20)19-13-5-8-25(21,22)10-13/h3-4,9,13H,5-8,10-11H2,1-2H3,(H2,18,19,20). The van der Waals surface area contributed by atoms with Gasteiger partial charge in [0.15, 0.2) is 21.3 Å². The highest BCUT2D eigenvalue weighted by Gasteiger charge is 2.45. The quantitative estimate of drug-likeness (QED) is 0.787. The molecule has 1 heterocycles. The van der Waals surface area contributed by atoms with E-state index in [0.29, 0.717) is 24.5 Å². The van der Waals surface area contributed by atoms with E-state index in [1.54, 1.807) is 14.2 Å². The van der Waals surface area contributed by atoms with Crippen molar-refractivity contribution < 1.29 is 22.7 Å². The molecule has 2 fully saturated rings. The summed E-state index contributed by atoms with van der Waals surface area (Å²) in [4.78, 5) is 12.1. The Bertz CT molecular complexity index is 758. The van der Waals surface area contributed by atoms with Gasteiger partial charge in [-0.2, -0.15) is 0 Å². The van der Waals surface area contributed by atoms with Gasteiger partial charge < -0.3 is 20.1 Å². The van der Waals surface area contributed by atoms with Crippen LogP contribution >= 0.6 is 0 Å². The lowest BCUT2D eigenvalue weighted by Gasteiger charge is -2.19. The van der Waals surface area contributed by atoms with E-state index in [1.165, 1.54) is 0 Å². The van der Waals surface area contributed by atoms with Crippen LogP contribution in [0.15, 0.2) is 18.2 Å². The first kappa shape index (κ1) is 17.8. The maximum absolute atomic E-state index is 12.1. The van der Waals surface area contributed by atoms with Crippen LogP contribution in [-0.4, -0.2) is 52.8 Å². The van der Waals surface area contributed by atoms with Gasteiger partial charge in [-0.05, 0) is 37.0 Å². The first-order valence-electron chi connectivity index (χ1n) is 8.35. The Morgan fingerprint density at radius 3 is 2.52 bits per heavy atom. The number of nitrogens with one attached hydrogen (secondary N) is 2. The average Bonchev–Trinajstić information content (AvgIpc) is 3.31. The molecule has 2 N–H and O–H groups in total. The second-order valence-corrected chi connectivity index (χ2v) is 9.01. The Labute approximate surface area is 148 Å². The van der Waals surface area contributed by atoms with Gasteiger partial charge in [-0.15, -0.1) is 0 Å². The summed E-state index contributed by atoms with van der Waals surface area (Å²) in [6, 6.07) is 5.22. The summed E-state index contributed by atoms with van der Waals surface area (Å²) in [6.07, 6.45) is 2.46. The third-order valence-electron chi connectivity index (χ3n) is 5.00. The molecule has 138 valence electrons. The Hall–Kier alpha value is -1.96. The molecule has 8 heteroatoms. The van der Waals surface area contributed by atoms with Gasteiger partial charge in [0.05, 0.1) is 25.7 Å². The third kappa shape index (κ3) is 4.00. The minimum absolute atomic E-state index is 0.0290. The van der Waals surface area contributed by atoms with Crippen molar-refractivity contribution in [1.29, 1.82) is 0 Å². The lowest BCUT2D eigenvalue weighted by atomic mass is 9.95. The highest BCUT2D eigenvalue weighted by Crippen LogP contribution is 2.49. The van der Waals surface area contributed by atoms with Crippen LogP contribution in [0.2, 0.25) is 0 Å². The molecular weight excluding hydrogens is 344 g/mol. The van der Waals surface area contributed by atoms with Crippen LogP contribution in [0.25, 0.3) is 0 Å². The van der Waals surface area contributed by atoms with Crippen LogP contribution in [0.5, 0.6) is 11.5 Å². The summed E-state index contributed by atoms with van der Waals surface area (Å²) in [5.74, 6) is 1.52. The number of carbonyl (C=O) groups is 1. The molecule has 0 aromatic heterocycles. The zero-order chi connectivity index (χ0) is 18.1. The van der Waals surface area contributed by atoms with Crippen LogP contribution in [0.3, 0.4) is 0 Å². The van der Waals surface area contributed by atoms with Crippen molar-refractivity contribution in [3.8, 4) is 11.5 Å². The highest BCUT2D eigenvalue weighted by molar-refractivity contribution is 7.91. The predicted molar refractivity (Wildman–Crippen MR) is 94.1 cm³/mol. The van der Waals surface area contributed by atoms with Gasteiger partial charge in [0.1, 0.15) is 0 Å². The highest BCUT2D eigenvalue weighted by atomic mass is 32.2. The fourth-order valence-electron chi connectivity index (χ4n) is 3.28. The van der Waals surface area contributed by atoms with Crippen molar-refractivity contribution in [2.45, 2.75) is 30.7 Å².